The molecule has 1 atom stereocenters. The fourth-order valence-electron chi connectivity index (χ4n) is 2.82. The van der Waals surface area contributed by atoms with Crippen molar-refractivity contribution in [3.05, 3.63) is 53.1 Å². The predicted octanol–water partition coefficient (Wildman–Crippen LogP) is 1.92. The second-order valence-electron chi connectivity index (χ2n) is 5.97. The Labute approximate surface area is 166 Å². The standard InChI is InChI=1S/C19H18ClN3O5/c1-27-13-6-7-16(28-2)15(9-13)23-17(24)10-14(19(23)26)21-22-18(25)11-4-3-5-12(20)8-11/h3-9,14,21H,10H2,1-2H3,(H,22,25). The molecule has 3 rings (SSSR count). The summed E-state index contributed by atoms with van der Waals surface area (Å²) < 4.78 is 10.4. The summed E-state index contributed by atoms with van der Waals surface area (Å²) in [7, 11) is 2.92. The van der Waals surface area contributed by atoms with Gasteiger partial charge in [0.15, 0.2) is 0 Å². The minimum atomic E-state index is -0.911. The number of ether oxygens (including phenoxy) is 2. The van der Waals surface area contributed by atoms with E-state index in [0.717, 1.165) is 4.90 Å². The number of methoxy groups -OCH3 is 2. The highest BCUT2D eigenvalue weighted by atomic mass is 35.5. The number of hydrogen-bond acceptors (Lipinski definition) is 6. The van der Waals surface area contributed by atoms with Crippen molar-refractivity contribution in [1.82, 2.24) is 10.9 Å². The lowest BCUT2D eigenvalue weighted by Crippen LogP contribution is -2.48. The van der Waals surface area contributed by atoms with Gasteiger partial charge in [-0.25, -0.2) is 10.3 Å². The van der Waals surface area contributed by atoms with E-state index in [1.54, 1.807) is 36.4 Å². The second kappa shape index (κ2) is 8.28. The van der Waals surface area contributed by atoms with Gasteiger partial charge in [0.1, 0.15) is 17.5 Å². The first-order valence-electron chi connectivity index (χ1n) is 8.35. The number of hydrazine groups is 1. The summed E-state index contributed by atoms with van der Waals surface area (Å²) >= 11 is 5.87. The van der Waals surface area contributed by atoms with Gasteiger partial charge in [-0.15, -0.1) is 0 Å². The molecular formula is C19H18ClN3O5. The Hall–Kier alpha value is -3.10. The van der Waals surface area contributed by atoms with E-state index in [9.17, 15) is 14.4 Å². The largest absolute Gasteiger partial charge is 0.497 e. The molecule has 146 valence electrons. The van der Waals surface area contributed by atoms with Crippen molar-refractivity contribution in [2.24, 2.45) is 0 Å². The van der Waals surface area contributed by atoms with Gasteiger partial charge >= 0.3 is 0 Å². The number of halogens is 1. The van der Waals surface area contributed by atoms with Gasteiger partial charge in [-0.1, -0.05) is 17.7 Å². The number of imide groups is 1. The molecule has 28 heavy (non-hydrogen) atoms. The van der Waals surface area contributed by atoms with E-state index < -0.39 is 23.8 Å². The highest BCUT2D eigenvalue weighted by molar-refractivity contribution is 6.31. The maximum absolute atomic E-state index is 12.8. The van der Waals surface area contributed by atoms with Crippen LogP contribution in [-0.4, -0.2) is 38.0 Å². The average Bonchev–Trinajstić information content (AvgIpc) is 2.98. The topological polar surface area (TPSA) is 97.0 Å². The van der Waals surface area contributed by atoms with Crippen LogP contribution in [0.15, 0.2) is 42.5 Å². The SMILES string of the molecule is COc1ccc(OC)c(N2C(=O)CC(NNC(=O)c3cccc(Cl)c3)C2=O)c1. The zero-order valence-electron chi connectivity index (χ0n) is 15.2. The highest BCUT2D eigenvalue weighted by Gasteiger charge is 2.41. The monoisotopic (exact) mass is 403 g/mol. The Morgan fingerprint density at radius 1 is 1.14 bits per heavy atom. The lowest BCUT2D eigenvalue weighted by atomic mass is 10.2. The third-order valence-electron chi connectivity index (χ3n) is 4.22. The summed E-state index contributed by atoms with van der Waals surface area (Å²) in [5.74, 6) is -0.581. The smallest absolute Gasteiger partial charge is 0.265 e. The summed E-state index contributed by atoms with van der Waals surface area (Å²) in [6.45, 7) is 0. The average molecular weight is 404 g/mol. The van der Waals surface area contributed by atoms with Crippen molar-refractivity contribution in [2.45, 2.75) is 12.5 Å². The molecular weight excluding hydrogens is 386 g/mol. The van der Waals surface area contributed by atoms with Crippen molar-refractivity contribution in [1.29, 1.82) is 0 Å². The van der Waals surface area contributed by atoms with Gasteiger partial charge in [-0.2, -0.15) is 0 Å². The van der Waals surface area contributed by atoms with Crippen LogP contribution in [0.3, 0.4) is 0 Å². The number of nitrogens with zero attached hydrogens (tertiary/aromatic N) is 1. The molecule has 0 bridgehead atoms. The van der Waals surface area contributed by atoms with E-state index in [1.165, 1.54) is 20.3 Å². The molecule has 0 radical (unpaired) electrons. The maximum Gasteiger partial charge on any atom is 0.265 e. The number of carbonyl (C=O) groups is 3. The van der Waals surface area contributed by atoms with Gasteiger partial charge in [0.2, 0.25) is 5.91 Å². The summed E-state index contributed by atoms with van der Waals surface area (Å²) in [6, 6.07) is 10.3. The summed E-state index contributed by atoms with van der Waals surface area (Å²) in [5, 5.41) is 0.413. The molecule has 1 aliphatic rings. The van der Waals surface area contributed by atoms with Crippen LogP contribution in [-0.2, 0) is 9.59 Å². The molecule has 0 aromatic heterocycles. The zero-order chi connectivity index (χ0) is 20.3. The van der Waals surface area contributed by atoms with E-state index in [1.807, 2.05) is 0 Å². The molecule has 1 saturated heterocycles. The van der Waals surface area contributed by atoms with Crippen LogP contribution in [0.5, 0.6) is 11.5 Å². The molecule has 2 N–H and O–H groups in total. The predicted molar refractivity (Wildman–Crippen MR) is 102 cm³/mol. The lowest BCUT2D eigenvalue weighted by Gasteiger charge is -2.19. The minimum absolute atomic E-state index is 0.116. The summed E-state index contributed by atoms with van der Waals surface area (Å²) in [5.41, 5.74) is 5.66. The zero-order valence-corrected chi connectivity index (χ0v) is 15.9. The quantitative estimate of drug-likeness (QED) is 0.565. The van der Waals surface area contributed by atoms with Crippen molar-refractivity contribution >= 4 is 35.0 Å². The first-order chi connectivity index (χ1) is 13.4. The number of rotatable bonds is 6. The van der Waals surface area contributed by atoms with E-state index in [0.29, 0.717) is 22.1 Å². The van der Waals surface area contributed by atoms with Crippen LogP contribution >= 0.6 is 11.6 Å². The first-order valence-corrected chi connectivity index (χ1v) is 8.72. The Bertz CT molecular complexity index is 934. The Balaban J connectivity index is 1.74. The Morgan fingerprint density at radius 3 is 2.61 bits per heavy atom. The van der Waals surface area contributed by atoms with Gasteiger partial charge in [0.25, 0.3) is 11.8 Å². The molecule has 0 saturated carbocycles. The van der Waals surface area contributed by atoms with Crippen LogP contribution < -0.4 is 25.2 Å². The van der Waals surface area contributed by atoms with Crippen molar-refractivity contribution in [2.75, 3.05) is 19.1 Å². The molecule has 1 aliphatic heterocycles. The fourth-order valence-corrected chi connectivity index (χ4v) is 3.01. The van der Waals surface area contributed by atoms with Crippen molar-refractivity contribution in [3.8, 4) is 11.5 Å². The van der Waals surface area contributed by atoms with E-state index in [4.69, 9.17) is 21.1 Å². The second-order valence-corrected chi connectivity index (χ2v) is 6.41. The number of carbonyl (C=O) groups excluding carboxylic acids is 3. The van der Waals surface area contributed by atoms with E-state index >= 15 is 0 Å². The van der Waals surface area contributed by atoms with E-state index in [2.05, 4.69) is 10.9 Å². The van der Waals surface area contributed by atoms with Gasteiger partial charge in [0.05, 0.1) is 26.3 Å². The van der Waals surface area contributed by atoms with Gasteiger partial charge in [0, 0.05) is 16.7 Å². The van der Waals surface area contributed by atoms with Crippen LogP contribution in [0.4, 0.5) is 5.69 Å². The fraction of sp³-hybridized carbons (Fsp3) is 0.211. The van der Waals surface area contributed by atoms with Crippen molar-refractivity contribution in [3.63, 3.8) is 0 Å². The normalized spacial score (nSPS) is 16.2. The number of amides is 3. The third-order valence-corrected chi connectivity index (χ3v) is 4.46. The molecule has 1 fully saturated rings. The van der Waals surface area contributed by atoms with E-state index in [-0.39, 0.29) is 12.1 Å². The molecule has 2 aromatic rings. The number of anilines is 1. The third kappa shape index (κ3) is 3.92. The molecule has 3 amide bonds. The first kappa shape index (κ1) is 19.7. The summed E-state index contributed by atoms with van der Waals surface area (Å²) in [6.07, 6.45) is -0.116. The van der Waals surface area contributed by atoms with Crippen LogP contribution in [0.1, 0.15) is 16.8 Å². The molecule has 0 spiro atoms. The number of nitrogens with one attached hydrogen (secondary N) is 2. The maximum atomic E-state index is 12.8. The molecule has 9 heteroatoms. The highest BCUT2D eigenvalue weighted by Crippen LogP contribution is 2.35. The molecule has 8 nitrogen and oxygen atoms in total. The molecule has 1 heterocycles. The molecule has 1 unspecified atom stereocenters. The van der Waals surface area contributed by atoms with Crippen LogP contribution in [0.2, 0.25) is 5.02 Å². The lowest BCUT2D eigenvalue weighted by molar-refractivity contribution is -0.121. The molecule has 0 aliphatic carbocycles. The van der Waals surface area contributed by atoms with Gasteiger partial charge < -0.3 is 9.47 Å². The van der Waals surface area contributed by atoms with Crippen molar-refractivity contribution < 1.29 is 23.9 Å². The summed E-state index contributed by atoms with van der Waals surface area (Å²) in [4.78, 5) is 38.4. The minimum Gasteiger partial charge on any atom is -0.497 e. The van der Waals surface area contributed by atoms with Gasteiger partial charge in [-0.05, 0) is 30.3 Å². The molecule has 2 aromatic carbocycles. The number of hydrogen-bond donors (Lipinski definition) is 2. The number of benzene rings is 2. The van der Waals surface area contributed by atoms with Gasteiger partial charge in [-0.3, -0.25) is 19.8 Å². The van der Waals surface area contributed by atoms with Crippen LogP contribution in [0, 0.1) is 0 Å². The Morgan fingerprint density at radius 2 is 1.93 bits per heavy atom. The Kier molecular flexibility index (Phi) is 5.81. The van der Waals surface area contributed by atoms with Crippen LogP contribution in [0.25, 0.3) is 0 Å².